The molecule has 1 saturated heterocycles. The number of oxazole rings is 1. The third kappa shape index (κ3) is 3.69. The van der Waals surface area contributed by atoms with E-state index in [1.165, 1.54) is 25.5 Å². The van der Waals surface area contributed by atoms with Crippen LogP contribution in [0.5, 0.6) is 5.75 Å². The van der Waals surface area contributed by atoms with Crippen LogP contribution in [-0.4, -0.2) is 41.5 Å². The standard InChI is InChI=1S/C18H17Cl2N3O4S/c19-13-7-12(8-14(20)17(13)24)28(25,26)18-22-15-9-21-11(6-16(15)27-18)10-23-4-2-1-3-5-23/h6-9,24H,1-5,10H2. The van der Waals surface area contributed by atoms with Gasteiger partial charge in [-0.1, -0.05) is 29.6 Å². The molecule has 0 spiro atoms. The van der Waals surface area contributed by atoms with Crippen LogP contribution in [0.25, 0.3) is 11.1 Å². The second kappa shape index (κ2) is 7.51. The van der Waals surface area contributed by atoms with Crippen molar-refractivity contribution in [2.24, 2.45) is 0 Å². The van der Waals surface area contributed by atoms with Crippen molar-refractivity contribution in [3.8, 4) is 5.75 Å². The number of likely N-dealkylation sites (tertiary alicyclic amines) is 1. The van der Waals surface area contributed by atoms with E-state index in [0.717, 1.165) is 30.9 Å². The van der Waals surface area contributed by atoms with Crippen LogP contribution < -0.4 is 0 Å². The lowest BCUT2D eigenvalue weighted by molar-refractivity contribution is 0.218. The smallest absolute Gasteiger partial charge is 0.321 e. The molecule has 7 nitrogen and oxygen atoms in total. The zero-order valence-electron chi connectivity index (χ0n) is 14.7. The van der Waals surface area contributed by atoms with E-state index in [-0.39, 0.29) is 20.7 Å². The number of rotatable bonds is 4. The summed E-state index contributed by atoms with van der Waals surface area (Å²) < 4.78 is 31.2. The predicted octanol–water partition coefficient (Wildman–Crippen LogP) is 4.05. The average Bonchev–Trinajstić information content (AvgIpc) is 3.11. The quantitative estimate of drug-likeness (QED) is 0.651. The molecule has 0 radical (unpaired) electrons. The number of sulfone groups is 1. The second-order valence-electron chi connectivity index (χ2n) is 6.70. The highest BCUT2D eigenvalue weighted by Gasteiger charge is 2.27. The number of benzene rings is 1. The summed E-state index contributed by atoms with van der Waals surface area (Å²) >= 11 is 11.7. The molecule has 1 aliphatic rings. The molecule has 1 aliphatic heterocycles. The number of pyridine rings is 1. The number of phenolic OH excluding ortho intramolecular Hbond substituents is 1. The number of phenols is 1. The maximum Gasteiger partial charge on any atom is 0.321 e. The van der Waals surface area contributed by atoms with E-state index in [1.54, 1.807) is 6.07 Å². The zero-order chi connectivity index (χ0) is 19.9. The molecule has 0 saturated carbocycles. The molecule has 0 aliphatic carbocycles. The van der Waals surface area contributed by atoms with E-state index in [1.807, 2.05) is 0 Å². The summed E-state index contributed by atoms with van der Waals surface area (Å²) in [5, 5.41) is 8.81. The van der Waals surface area contributed by atoms with Gasteiger partial charge in [0.25, 0.3) is 9.84 Å². The first-order valence-electron chi connectivity index (χ1n) is 8.75. The second-order valence-corrected chi connectivity index (χ2v) is 9.34. The summed E-state index contributed by atoms with van der Waals surface area (Å²) in [5.41, 5.74) is 1.48. The fraction of sp³-hybridized carbons (Fsp3) is 0.333. The molecule has 28 heavy (non-hydrogen) atoms. The molecular formula is C18H17Cl2N3O4S. The minimum atomic E-state index is -4.10. The molecule has 1 N–H and O–H groups in total. The highest BCUT2D eigenvalue weighted by Crippen LogP contribution is 2.36. The molecule has 3 aromatic rings. The average molecular weight is 442 g/mol. The van der Waals surface area contributed by atoms with Crippen LogP contribution in [0.4, 0.5) is 0 Å². The van der Waals surface area contributed by atoms with Crippen molar-refractivity contribution >= 4 is 44.1 Å². The number of hydrogen-bond acceptors (Lipinski definition) is 7. The third-order valence-electron chi connectivity index (χ3n) is 4.68. The van der Waals surface area contributed by atoms with Crippen molar-refractivity contribution in [3.05, 3.63) is 40.1 Å². The van der Waals surface area contributed by atoms with Gasteiger partial charge in [0, 0.05) is 12.6 Å². The topological polar surface area (TPSA) is 96.5 Å². The predicted molar refractivity (Wildman–Crippen MR) is 105 cm³/mol. The maximum absolute atomic E-state index is 12.8. The number of fused-ring (bicyclic) bond motifs is 1. The largest absolute Gasteiger partial charge is 0.505 e. The molecule has 4 rings (SSSR count). The Morgan fingerprint density at radius 3 is 2.46 bits per heavy atom. The van der Waals surface area contributed by atoms with Gasteiger partial charge in [0.1, 0.15) is 5.52 Å². The molecule has 0 amide bonds. The highest BCUT2D eigenvalue weighted by molar-refractivity contribution is 7.91. The fourth-order valence-corrected chi connectivity index (χ4v) is 4.98. The van der Waals surface area contributed by atoms with Gasteiger partial charge in [-0.2, -0.15) is 4.98 Å². The zero-order valence-corrected chi connectivity index (χ0v) is 17.1. The van der Waals surface area contributed by atoms with E-state index in [0.29, 0.717) is 17.6 Å². The molecule has 0 bridgehead atoms. The molecule has 3 heterocycles. The Kier molecular flexibility index (Phi) is 5.22. The van der Waals surface area contributed by atoms with E-state index < -0.39 is 15.1 Å². The van der Waals surface area contributed by atoms with Gasteiger partial charge in [-0.05, 0) is 38.1 Å². The van der Waals surface area contributed by atoms with E-state index in [9.17, 15) is 13.5 Å². The Morgan fingerprint density at radius 2 is 1.79 bits per heavy atom. The Hall–Kier alpha value is -1.87. The van der Waals surface area contributed by atoms with E-state index >= 15 is 0 Å². The Labute approximate surface area is 171 Å². The summed E-state index contributed by atoms with van der Waals surface area (Å²) in [5.74, 6) is -0.383. The van der Waals surface area contributed by atoms with Crippen LogP contribution in [0.15, 0.2) is 38.9 Å². The summed E-state index contributed by atoms with van der Waals surface area (Å²) in [7, 11) is -4.10. The van der Waals surface area contributed by atoms with Crippen molar-refractivity contribution in [2.75, 3.05) is 13.1 Å². The van der Waals surface area contributed by atoms with Gasteiger partial charge < -0.3 is 9.52 Å². The Balaban J connectivity index is 1.67. The van der Waals surface area contributed by atoms with Crippen molar-refractivity contribution in [3.63, 3.8) is 0 Å². The lowest BCUT2D eigenvalue weighted by atomic mass is 10.1. The lowest BCUT2D eigenvalue weighted by Crippen LogP contribution is -2.29. The number of aromatic nitrogens is 2. The van der Waals surface area contributed by atoms with Gasteiger partial charge in [-0.15, -0.1) is 0 Å². The van der Waals surface area contributed by atoms with Gasteiger partial charge in [-0.25, -0.2) is 8.42 Å². The normalized spacial score (nSPS) is 15.9. The first-order valence-corrected chi connectivity index (χ1v) is 11.0. The monoisotopic (exact) mass is 441 g/mol. The summed E-state index contributed by atoms with van der Waals surface area (Å²) in [6.45, 7) is 2.73. The summed E-state index contributed by atoms with van der Waals surface area (Å²) in [4.78, 5) is 10.5. The molecule has 148 valence electrons. The summed E-state index contributed by atoms with van der Waals surface area (Å²) in [6, 6.07) is 3.92. The van der Waals surface area contributed by atoms with Gasteiger partial charge in [-0.3, -0.25) is 9.88 Å². The van der Waals surface area contributed by atoms with Crippen LogP contribution in [0.3, 0.4) is 0 Å². The SMILES string of the molecule is O=S(=O)(c1cc(Cl)c(O)c(Cl)c1)c1nc2cnc(CN3CCCCC3)cc2o1. The van der Waals surface area contributed by atoms with Gasteiger partial charge in [0.2, 0.25) is 0 Å². The van der Waals surface area contributed by atoms with Crippen LogP contribution in [0.2, 0.25) is 10.0 Å². The fourth-order valence-electron chi connectivity index (χ4n) is 3.20. The first-order chi connectivity index (χ1) is 13.3. The number of hydrogen-bond donors (Lipinski definition) is 1. The molecule has 0 unspecified atom stereocenters. The molecule has 10 heteroatoms. The Morgan fingerprint density at radius 1 is 1.11 bits per heavy atom. The molecular weight excluding hydrogens is 425 g/mol. The lowest BCUT2D eigenvalue weighted by Gasteiger charge is -2.25. The van der Waals surface area contributed by atoms with Crippen LogP contribution >= 0.6 is 23.2 Å². The number of nitrogens with zero attached hydrogens (tertiary/aromatic N) is 3. The van der Waals surface area contributed by atoms with Crippen molar-refractivity contribution in [1.29, 1.82) is 0 Å². The highest BCUT2D eigenvalue weighted by atomic mass is 35.5. The number of halogens is 2. The third-order valence-corrected chi connectivity index (χ3v) is 6.74. The minimum absolute atomic E-state index is 0.173. The van der Waals surface area contributed by atoms with E-state index in [4.69, 9.17) is 27.6 Å². The molecule has 1 fully saturated rings. The van der Waals surface area contributed by atoms with Gasteiger partial charge in [0.05, 0.1) is 26.8 Å². The Bertz CT molecular complexity index is 1120. The molecule has 1 aromatic carbocycles. The summed E-state index contributed by atoms with van der Waals surface area (Å²) in [6.07, 6.45) is 5.10. The molecule has 2 aromatic heterocycles. The van der Waals surface area contributed by atoms with Crippen LogP contribution in [0, 0.1) is 0 Å². The maximum atomic E-state index is 12.8. The van der Waals surface area contributed by atoms with Gasteiger partial charge >= 0.3 is 5.22 Å². The first kappa shape index (κ1) is 19.4. The molecule has 0 atom stereocenters. The van der Waals surface area contributed by atoms with Gasteiger partial charge in [0.15, 0.2) is 11.3 Å². The van der Waals surface area contributed by atoms with Crippen molar-refractivity contribution in [2.45, 2.75) is 35.9 Å². The van der Waals surface area contributed by atoms with Crippen LogP contribution in [0.1, 0.15) is 25.0 Å². The van der Waals surface area contributed by atoms with Crippen molar-refractivity contribution < 1.29 is 17.9 Å². The van der Waals surface area contributed by atoms with E-state index in [2.05, 4.69) is 14.9 Å². The minimum Gasteiger partial charge on any atom is -0.505 e. The number of piperidine rings is 1. The van der Waals surface area contributed by atoms with Crippen molar-refractivity contribution in [1.82, 2.24) is 14.9 Å². The number of aromatic hydroxyl groups is 1. The van der Waals surface area contributed by atoms with Crippen LogP contribution in [-0.2, 0) is 16.4 Å².